The van der Waals surface area contributed by atoms with E-state index in [1.807, 2.05) is 0 Å². The number of hydrogen-bond acceptors (Lipinski definition) is 4. The highest BCUT2D eigenvalue weighted by Gasteiger charge is 2.10. The third-order valence-electron chi connectivity index (χ3n) is 2.14. The molecule has 1 aromatic carbocycles. The lowest BCUT2D eigenvalue weighted by Crippen LogP contribution is -2.15. The van der Waals surface area contributed by atoms with Gasteiger partial charge in [0.05, 0.1) is 6.42 Å². The van der Waals surface area contributed by atoms with E-state index in [9.17, 15) is 14.7 Å². The minimum absolute atomic E-state index is 0.113. The molecule has 6 nitrogen and oxygen atoms in total. The number of carboxylic acid groups (broad SMARTS) is 1. The molecular formula is C10H8N2O4. The molecule has 3 N–H and O–H groups in total. The molecule has 0 unspecified atom stereocenters. The average molecular weight is 220 g/mol. The predicted octanol–water partition coefficient (Wildman–Crippen LogP) is 0.256. The maximum absolute atomic E-state index is 11.2. The van der Waals surface area contributed by atoms with Crippen LogP contribution in [0.1, 0.15) is 5.69 Å². The minimum atomic E-state index is -1.06. The first-order chi connectivity index (χ1) is 7.58. The van der Waals surface area contributed by atoms with Gasteiger partial charge in [0, 0.05) is 11.1 Å². The number of aromatic nitrogens is 2. The zero-order valence-corrected chi connectivity index (χ0v) is 8.10. The van der Waals surface area contributed by atoms with Crippen LogP contribution in [0.2, 0.25) is 0 Å². The Balaban J connectivity index is 2.78. The molecule has 0 saturated carbocycles. The number of carboxylic acids is 1. The lowest BCUT2D eigenvalue weighted by atomic mass is 10.1. The van der Waals surface area contributed by atoms with Crippen molar-refractivity contribution < 1.29 is 15.0 Å². The second kappa shape index (κ2) is 3.65. The molecule has 0 bridgehead atoms. The van der Waals surface area contributed by atoms with E-state index < -0.39 is 11.7 Å². The number of benzene rings is 1. The maximum Gasteiger partial charge on any atom is 0.345 e. The van der Waals surface area contributed by atoms with Crippen LogP contribution in [0.4, 0.5) is 0 Å². The smallest absolute Gasteiger partial charge is 0.345 e. The molecule has 2 rings (SSSR count). The van der Waals surface area contributed by atoms with E-state index in [-0.39, 0.29) is 23.4 Å². The first-order valence-electron chi connectivity index (χ1n) is 4.50. The summed E-state index contributed by atoms with van der Waals surface area (Å²) < 4.78 is 0. The highest BCUT2D eigenvalue weighted by atomic mass is 16.4. The van der Waals surface area contributed by atoms with Gasteiger partial charge in [0.25, 0.3) is 0 Å². The number of fused-ring (bicyclic) bond motifs is 1. The van der Waals surface area contributed by atoms with Crippen LogP contribution in [-0.4, -0.2) is 26.2 Å². The Morgan fingerprint density at radius 2 is 2.19 bits per heavy atom. The Bertz CT molecular complexity index is 618. The Hall–Kier alpha value is -2.37. The topological polar surface area (TPSA) is 103 Å². The summed E-state index contributed by atoms with van der Waals surface area (Å²) >= 11 is 0. The van der Waals surface area contributed by atoms with E-state index in [2.05, 4.69) is 9.97 Å². The maximum atomic E-state index is 11.2. The summed E-state index contributed by atoms with van der Waals surface area (Å²) in [6.45, 7) is 0. The number of aromatic amines is 1. The molecule has 16 heavy (non-hydrogen) atoms. The standard InChI is InChI=1S/C10H8N2O4/c13-7-3-1-2-5-6(4-8(14)15)11-10(16)12-9(5)7/h1-3,13H,4H2,(H,14,15)(H,11,12,16). The Morgan fingerprint density at radius 3 is 2.88 bits per heavy atom. The number of carbonyl (C=O) groups is 1. The zero-order valence-electron chi connectivity index (χ0n) is 8.10. The molecule has 0 aliphatic carbocycles. The quantitative estimate of drug-likeness (QED) is 0.673. The third-order valence-corrected chi connectivity index (χ3v) is 2.14. The van der Waals surface area contributed by atoms with Crippen molar-refractivity contribution in [2.75, 3.05) is 0 Å². The van der Waals surface area contributed by atoms with E-state index in [1.54, 1.807) is 12.1 Å². The van der Waals surface area contributed by atoms with Crippen LogP contribution in [0.15, 0.2) is 23.0 Å². The summed E-state index contributed by atoms with van der Waals surface area (Å²) in [5, 5.41) is 18.6. The van der Waals surface area contributed by atoms with Crippen molar-refractivity contribution >= 4 is 16.9 Å². The van der Waals surface area contributed by atoms with Gasteiger partial charge in [-0.3, -0.25) is 4.79 Å². The predicted molar refractivity (Wildman–Crippen MR) is 55.4 cm³/mol. The summed E-state index contributed by atoms with van der Waals surface area (Å²) in [7, 11) is 0. The molecule has 0 amide bonds. The molecule has 6 heteroatoms. The van der Waals surface area contributed by atoms with Crippen molar-refractivity contribution in [2.45, 2.75) is 6.42 Å². The Kier molecular flexibility index (Phi) is 2.32. The molecule has 0 radical (unpaired) electrons. The van der Waals surface area contributed by atoms with Gasteiger partial charge in [-0.1, -0.05) is 12.1 Å². The van der Waals surface area contributed by atoms with Gasteiger partial charge in [0.1, 0.15) is 11.3 Å². The van der Waals surface area contributed by atoms with Crippen molar-refractivity contribution in [3.8, 4) is 5.75 Å². The number of phenols is 1. The molecule has 0 aliphatic rings. The van der Waals surface area contributed by atoms with Gasteiger partial charge < -0.3 is 15.2 Å². The molecular weight excluding hydrogens is 212 g/mol. The molecule has 1 heterocycles. The van der Waals surface area contributed by atoms with Crippen LogP contribution in [-0.2, 0) is 11.2 Å². The minimum Gasteiger partial charge on any atom is -0.506 e. The Labute approximate surface area is 89.2 Å². The van der Waals surface area contributed by atoms with E-state index in [1.165, 1.54) is 6.07 Å². The normalized spacial score (nSPS) is 10.5. The van der Waals surface area contributed by atoms with Gasteiger partial charge >= 0.3 is 11.7 Å². The molecule has 0 atom stereocenters. The summed E-state index contributed by atoms with van der Waals surface area (Å²) in [4.78, 5) is 27.7. The van der Waals surface area contributed by atoms with Gasteiger partial charge in [-0.05, 0) is 6.07 Å². The summed E-state index contributed by atoms with van der Waals surface area (Å²) in [6.07, 6.45) is -0.322. The van der Waals surface area contributed by atoms with Crippen LogP contribution in [0, 0.1) is 0 Å². The number of H-pyrrole nitrogens is 1. The largest absolute Gasteiger partial charge is 0.506 e. The number of para-hydroxylation sites is 1. The van der Waals surface area contributed by atoms with E-state index >= 15 is 0 Å². The molecule has 0 aliphatic heterocycles. The van der Waals surface area contributed by atoms with Crippen LogP contribution in [0.5, 0.6) is 5.75 Å². The van der Waals surface area contributed by atoms with Gasteiger partial charge in [-0.2, -0.15) is 4.98 Å². The number of phenolic OH excluding ortho intramolecular Hbond substituents is 1. The van der Waals surface area contributed by atoms with Crippen molar-refractivity contribution in [3.63, 3.8) is 0 Å². The van der Waals surface area contributed by atoms with E-state index in [0.29, 0.717) is 5.39 Å². The van der Waals surface area contributed by atoms with Crippen LogP contribution in [0.3, 0.4) is 0 Å². The monoisotopic (exact) mass is 220 g/mol. The summed E-state index contributed by atoms with van der Waals surface area (Å²) in [5.41, 5.74) is -0.328. The van der Waals surface area contributed by atoms with Gasteiger partial charge in [-0.25, -0.2) is 4.79 Å². The van der Waals surface area contributed by atoms with Gasteiger partial charge in [0.15, 0.2) is 0 Å². The molecule has 0 spiro atoms. The lowest BCUT2D eigenvalue weighted by molar-refractivity contribution is -0.136. The molecule has 0 saturated heterocycles. The lowest BCUT2D eigenvalue weighted by Gasteiger charge is -2.04. The molecule has 82 valence electrons. The highest BCUT2D eigenvalue weighted by Crippen LogP contribution is 2.22. The van der Waals surface area contributed by atoms with Crippen LogP contribution in [0.25, 0.3) is 10.9 Å². The molecule has 0 fully saturated rings. The van der Waals surface area contributed by atoms with Crippen LogP contribution >= 0.6 is 0 Å². The highest BCUT2D eigenvalue weighted by molar-refractivity contribution is 5.88. The second-order valence-electron chi connectivity index (χ2n) is 3.26. The Morgan fingerprint density at radius 1 is 1.44 bits per heavy atom. The zero-order chi connectivity index (χ0) is 11.7. The van der Waals surface area contributed by atoms with Gasteiger partial charge in [-0.15, -0.1) is 0 Å². The van der Waals surface area contributed by atoms with Gasteiger partial charge in [0.2, 0.25) is 0 Å². The summed E-state index contributed by atoms with van der Waals surface area (Å²) in [5.74, 6) is -1.21. The average Bonchev–Trinajstić information content (AvgIpc) is 2.18. The fourth-order valence-corrected chi connectivity index (χ4v) is 1.51. The SMILES string of the molecule is O=C(O)Cc1[nH]c(=O)nc2c(O)cccc12. The number of rotatable bonds is 2. The number of aromatic hydroxyl groups is 1. The number of nitrogens with one attached hydrogen (secondary N) is 1. The van der Waals surface area contributed by atoms with Crippen molar-refractivity contribution in [1.29, 1.82) is 0 Å². The fraction of sp³-hybridized carbons (Fsp3) is 0.100. The van der Waals surface area contributed by atoms with E-state index in [0.717, 1.165) is 0 Å². The van der Waals surface area contributed by atoms with Crippen molar-refractivity contribution in [1.82, 2.24) is 9.97 Å². The summed E-state index contributed by atoms with van der Waals surface area (Å²) in [6, 6.07) is 4.54. The van der Waals surface area contributed by atoms with Crippen LogP contribution < -0.4 is 5.69 Å². The first kappa shape index (κ1) is 10.2. The fourth-order valence-electron chi connectivity index (χ4n) is 1.51. The number of hydrogen-bond donors (Lipinski definition) is 3. The molecule has 1 aromatic heterocycles. The van der Waals surface area contributed by atoms with E-state index in [4.69, 9.17) is 5.11 Å². The second-order valence-corrected chi connectivity index (χ2v) is 3.26. The van der Waals surface area contributed by atoms with Crippen molar-refractivity contribution in [3.05, 3.63) is 34.4 Å². The number of aliphatic carboxylic acids is 1. The van der Waals surface area contributed by atoms with Crippen molar-refractivity contribution in [2.24, 2.45) is 0 Å². The third kappa shape index (κ3) is 1.72. The first-order valence-corrected chi connectivity index (χ1v) is 4.50. The number of nitrogens with zero attached hydrogens (tertiary/aromatic N) is 1. The molecule has 2 aromatic rings.